The lowest BCUT2D eigenvalue weighted by atomic mass is 9.92. The van der Waals surface area contributed by atoms with Crippen molar-refractivity contribution in [1.82, 2.24) is 20.9 Å². The number of benzene rings is 1. The molecule has 1 aromatic rings. The highest BCUT2D eigenvalue weighted by Crippen LogP contribution is 2.28. The first-order valence-corrected chi connectivity index (χ1v) is 10.2. The van der Waals surface area contributed by atoms with E-state index in [0.717, 1.165) is 30.8 Å². The van der Waals surface area contributed by atoms with Crippen molar-refractivity contribution in [1.29, 1.82) is 0 Å². The van der Waals surface area contributed by atoms with E-state index in [9.17, 15) is 14.4 Å². The summed E-state index contributed by atoms with van der Waals surface area (Å²) in [5, 5.41) is 9.42. The summed E-state index contributed by atoms with van der Waals surface area (Å²) >= 11 is 0. The second-order valence-corrected chi connectivity index (χ2v) is 8.17. The van der Waals surface area contributed by atoms with Crippen LogP contribution in [0.2, 0.25) is 0 Å². The van der Waals surface area contributed by atoms with Crippen LogP contribution >= 0.6 is 0 Å². The van der Waals surface area contributed by atoms with Gasteiger partial charge in [-0.1, -0.05) is 12.1 Å². The van der Waals surface area contributed by atoms with Crippen molar-refractivity contribution in [3.05, 3.63) is 34.9 Å². The number of hydrogen-bond acceptors (Lipinski definition) is 5. The molecule has 28 heavy (non-hydrogen) atoms. The minimum Gasteiger partial charge on any atom is -0.322 e. The molecule has 3 aliphatic heterocycles. The fourth-order valence-corrected chi connectivity index (χ4v) is 4.49. The van der Waals surface area contributed by atoms with Crippen molar-refractivity contribution in [2.45, 2.75) is 57.8 Å². The summed E-state index contributed by atoms with van der Waals surface area (Å²) < 4.78 is 0. The van der Waals surface area contributed by atoms with Gasteiger partial charge in [0.25, 0.3) is 5.91 Å². The Morgan fingerprint density at radius 1 is 1.25 bits per heavy atom. The number of amides is 3. The van der Waals surface area contributed by atoms with E-state index >= 15 is 0 Å². The molecular weight excluding hydrogens is 356 g/mol. The molecular formula is C21H28N4O3. The van der Waals surface area contributed by atoms with Gasteiger partial charge >= 0.3 is 0 Å². The molecule has 0 aliphatic carbocycles. The van der Waals surface area contributed by atoms with Crippen LogP contribution in [0.3, 0.4) is 0 Å². The van der Waals surface area contributed by atoms with E-state index in [4.69, 9.17) is 0 Å². The van der Waals surface area contributed by atoms with Gasteiger partial charge in [0.2, 0.25) is 11.8 Å². The largest absolute Gasteiger partial charge is 0.322 e. The monoisotopic (exact) mass is 384 g/mol. The Morgan fingerprint density at radius 3 is 2.86 bits per heavy atom. The molecule has 1 aromatic carbocycles. The van der Waals surface area contributed by atoms with Crippen LogP contribution in [-0.4, -0.2) is 47.8 Å². The summed E-state index contributed by atoms with van der Waals surface area (Å²) in [4.78, 5) is 37.9. The van der Waals surface area contributed by atoms with E-state index in [-0.39, 0.29) is 24.1 Å². The van der Waals surface area contributed by atoms with Crippen LogP contribution in [0.25, 0.3) is 0 Å². The molecule has 2 saturated heterocycles. The fourth-order valence-electron chi connectivity index (χ4n) is 4.49. The van der Waals surface area contributed by atoms with Crippen molar-refractivity contribution in [3.8, 4) is 0 Å². The molecule has 7 nitrogen and oxygen atoms in total. The Hall–Kier alpha value is -2.25. The Balaban J connectivity index is 1.39. The number of fused-ring (bicyclic) bond motifs is 1. The van der Waals surface area contributed by atoms with Gasteiger partial charge in [-0.25, -0.2) is 0 Å². The van der Waals surface area contributed by atoms with E-state index < -0.39 is 6.04 Å². The molecule has 3 unspecified atom stereocenters. The first kappa shape index (κ1) is 19.1. The van der Waals surface area contributed by atoms with Crippen molar-refractivity contribution in [2.75, 3.05) is 13.1 Å². The van der Waals surface area contributed by atoms with Gasteiger partial charge in [-0.3, -0.25) is 19.7 Å². The maximum absolute atomic E-state index is 12.7. The van der Waals surface area contributed by atoms with Crippen LogP contribution in [0.4, 0.5) is 0 Å². The Bertz CT molecular complexity index is 788. The molecule has 0 bridgehead atoms. The first-order chi connectivity index (χ1) is 13.5. The molecule has 3 N–H and O–H groups in total. The highest BCUT2D eigenvalue weighted by molar-refractivity contribution is 6.05. The average Bonchev–Trinajstić information content (AvgIpc) is 3.02. The highest BCUT2D eigenvalue weighted by atomic mass is 16.2. The third-order valence-electron chi connectivity index (χ3n) is 6.26. The number of nitrogens with zero attached hydrogens (tertiary/aromatic N) is 1. The average molecular weight is 384 g/mol. The van der Waals surface area contributed by atoms with Gasteiger partial charge in [0.1, 0.15) is 6.04 Å². The van der Waals surface area contributed by atoms with Gasteiger partial charge in [0.05, 0.1) is 0 Å². The topological polar surface area (TPSA) is 90.5 Å². The quantitative estimate of drug-likeness (QED) is 0.657. The van der Waals surface area contributed by atoms with Crippen LogP contribution in [0.5, 0.6) is 0 Å². The van der Waals surface area contributed by atoms with Crippen LogP contribution < -0.4 is 16.0 Å². The van der Waals surface area contributed by atoms with Crippen LogP contribution in [0, 0.1) is 5.92 Å². The van der Waals surface area contributed by atoms with E-state index in [1.165, 1.54) is 12.8 Å². The lowest BCUT2D eigenvalue weighted by molar-refractivity contribution is -0.136. The van der Waals surface area contributed by atoms with Gasteiger partial charge in [-0.05, 0) is 62.4 Å². The molecule has 3 amide bonds. The maximum Gasteiger partial charge on any atom is 0.255 e. The zero-order chi connectivity index (χ0) is 19.7. The fraction of sp³-hybridized carbons (Fsp3) is 0.571. The smallest absolute Gasteiger partial charge is 0.255 e. The summed E-state index contributed by atoms with van der Waals surface area (Å²) in [5.74, 6) is -0.103. The molecule has 7 heteroatoms. The van der Waals surface area contributed by atoms with E-state index in [2.05, 4.69) is 28.9 Å². The SMILES string of the molecule is CC(NCc1ccc2c(c1)CN(C1CCC(=O)NC1=O)C2=O)C1CCCNC1. The third-order valence-corrected chi connectivity index (χ3v) is 6.26. The zero-order valence-electron chi connectivity index (χ0n) is 16.3. The van der Waals surface area contributed by atoms with Gasteiger partial charge < -0.3 is 15.5 Å². The van der Waals surface area contributed by atoms with E-state index in [1.807, 2.05) is 12.1 Å². The lowest BCUT2D eigenvalue weighted by Crippen LogP contribution is -2.52. The summed E-state index contributed by atoms with van der Waals surface area (Å²) in [6, 6.07) is 5.80. The molecule has 0 radical (unpaired) electrons. The number of hydrogen-bond donors (Lipinski definition) is 3. The minimum atomic E-state index is -0.557. The molecule has 0 spiro atoms. The van der Waals surface area contributed by atoms with E-state index in [1.54, 1.807) is 4.90 Å². The van der Waals surface area contributed by atoms with Crippen molar-refractivity contribution < 1.29 is 14.4 Å². The summed E-state index contributed by atoms with van der Waals surface area (Å²) in [6.07, 6.45) is 3.15. The Kier molecular flexibility index (Phi) is 5.46. The molecule has 0 saturated carbocycles. The number of carbonyl (C=O) groups is 3. The van der Waals surface area contributed by atoms with Crippen LogP contribution in [-0.2, 0) is 22.7 Å². The molecule has 4 rings (SSSR count). The number of piperidine rings is 2. The number of imide groups is 1. The molecule has 0 aromatic heterocycles. The number of rotatable bonds is 5. The number of nitrogens with one attached hydrogen (secondary N) is 3. The molecule has 2 fully saturated rings. The Morgan fingerprint density at radius 2 is 2.11 bits per heavy atom. The predicted octanol–water partition coefficient (Wildman–Crippen LogP) is 0.925. The van der Waals surface area contributed by atoms with Crippen LogP contribution in [0.1, 0.15) is 54.1 Å². The maximum atomic E-state index is 12.7. The van der Waals surface area contributed by atoms with Crippen molar-refractivity contribution in [2.24, 2.45) is 5.92 Å². The zero-order valence-corrected chi connectivity index (χ0v) is 16.3. The summed E-state index contributed by atoms with van der Waals surface area (Å²) in [7, 11) is 0. The van der Waals surface area contributed by atoms with Crippen LogP contribution in [0.15, 0.2) is 18.2 Å². The lowest BCUT2D eigenvalue weighted by Gasteiger charge is -2.29. The van der Waals surface area contributed by atoms with Crippen molar-refractivity contribution >= 4 is 17.7 Å². The standard InChI is InChI=1S/C21H28N4O3/c1-13(15-3-2-8-22-11-15)23-10-14-4-5-17-16(9-14)12-25(21(17)28)18-6-7-19(26)24-20(18)27/h4-5,9,13,15,18,22-23H,2-3,6-8,10-12H2,1H3,(H,24,26,27). The predicted molar refractivity (Wildman–Crippen MR) is 104 cm³/mol. The number of carbonyl (C=O) groups excluding carboxylic acids is 3. The summed E-state index contributed by atoms with van der Waals surface area (Å²) in [5.41, 5.74) is 2.77. The van der Waals surface area contributed by atoms with Crippen molar-refractivity contribution in [3.63, 3.8) is 0 Å². The third kappa shape index (κ3) is 3.82. The normalized spacial score (nSPS) is 26.2. The van der Waals surface area contributed by atoms with Gasteiger partial charge in [-0.15, -0.1) is 0 Å². The first-order valence-electron chi connectivity index (χ1n) is 10.2. The molecule has 3 aliphatic rings. The Labute approximate surface area is 165 Å². The van der Waals surface area contributed by atoms with E-state index in [0.29, 0.717) is 30.5 Å². The van der Waals surface area contributed by atoms with Gasteiger partial charge in [-0.2, -0.15) is 0 Å². The summed E-state index contributed by atoms with van der Waals surface area (Å²) in [6.45, 7) is 5.60. The molecule has 150 valence electrons. The highest BCUT2D eigenvalue weighted by Gasteiger charge is 2.39. The second kappa shape index (κ2) is 8.01. The molecule has 3 heterocycles. The minimum absolute atomic E-state index is 0.120. The second-order valence-electron chi connectivity index (χ2n) is 8.17. The van der Waals surface area contributed by atoms with Gasteiger partial charge in [0.15, 0.2) is 0 Å². The van der Waals surface area contributed by atoms with Gasteiger partial charge in [0, 0.05) is 31.1 Å². The molecule has 3 atom stereocenters.